The highest BCUT2D eigenvalue weighted by Crippen LogP contribution is 2.64. The number of hydrogen-bond acceptors (Lipinski definition) is 6. The Morgan fingerprint density at radius 3 is 2.41 bits per heavy atom. The van der Waals surface area contributed by atoms with E-state index >= 15 is 0 Å². The van der Waals surface area contributed by atoms with Crippen LogP contribution in [0.1, 0.15) is 44.6 Å². The quantitative estimate of drug-likeness (QED) is 0.389. The van der Waals surface area contributed by atoms with Crippen LogP contribution in [0, 0.1) is 23.2 Å². The molecular formula is C29H26ClN3O4. The number of imide groups is 1. The van der Waals surface area contributed by atoms with Gasteiger partial charge in [-0.25, -0.2) is 9.88 Å². The van der Waals surface area contributed by atoms with Gasteiger partial charge in [-0.1, -0.05) is 49.2 Å². The molecule has 7 nitrogen and oxygen atoms in total. The van der Waals surface area contributed by atoms with E-state index in [1.54, 1.807) is 24.3 Å². The molecule has 0 aliphatic carbocycles. The predicted octanol–water partition coefficient (Wildman–Crippen LogP) is 5.44. The molecule has 8 heteroatoms. The second-order valence-electron chi connectivity index (χ2n) is 10.2. The van der Waals surface area contributed by atoms with Crippen LogP contribution in [0.25, 0.3) is 10.8 Å². The zero-order valence-corrected chi connectivity index (χ0v) is 21.2. The maximum atomic E-state index is 14.1. The minimum absolute atomic E-state index is 0.208. The van der Waals surface area contributed by atoms with E-state index in [-0.39, 0.29) is 11.8 Å². The van der Waals surface area contributed by atoms with E-state index in [9.17, 15) is 14.9 Å². The fourth-order valence-electron chi connectivity index (χ4n) is 6.77. The first-order chi connectivity index (χ1) is 17.9. The molecule has 37 heavy (non-hydrogen) atoms. The Kier molecular flexibility index (Phi) is 5.70. The number of carbonyl (C=O) groups is 2. The van der Waals surface area contributed by atoms with Gasteiger partial charge in [-0.3, -0.25) is 9.59 Å². The summed E-state index contributed by atoms with van der Waals surface area (Å²) in [5.41, 5.74) is -0.381. The van der Waals surface area contributed by atoms with Gasteiger partial charge in [0.25, 0.3) is 0 Å². The summed E-state index contributed by atoms with van der Waals surface area (Å²) >= 11 is 5.92. The van der Waals surface area contributed by atoms with Gasteiger partial charge in [-0.2, -0.15) is 5.26 Å². The van der Waals surface area contributed by atoms with Gasteiger partial charge in [0.2, 0.25) is 17.7 Å². The number of carbonyl (C=O) groups excluding carboxylic acids is 2. The van der Waals surface area contributed by atoms with Crippen LogP contribution in [0.5, 0.6) is 5.88 Å². The topological polar surface area (TPSA) is 92.5 Å². The molecule has 3 aliphatic rings. The number of pyridine rings is 1. The zero-order chi connectivity index (χ0) is 25.8. The smallest absolute Gasteiger partial charge is 0.240 e. The SMILES string of the molecule is CCCC12CCC(CCOc3ccc(Cl)cn3)(O1)C1C(=O)N(c3ccc(C#N)c4ccccc34)C(=O)C12. The molecule has 2 bridgehead atoms. The van der Waals surface area contributed by atoms with Crippen LogP contribution >= 0.6 is 11.6 Å². The molecule has 188 valence electrons. The number of nitrogens with zero attached hydrogens (tertiary/aromatic N) is 3. The number of hydrogen-bond donors (Lipinski definition) is 0. The highest BCUT2D eigenvalue weighted by atomic mass is 35.5. The van der Waals surface area contributed by atoms with Gasteiger partial charge < -0.3 is 9.47 Å². The molecule has 3 aliphatic heterocycles. The molecule has 3 aromatic rings. The van der Waals surface area contributed by atoms with Crippen LogP contribution in [0.2, 0.25) is 5.02 Å². The van der Waals surface area contributed by atoms with Gasteiger partial charge >= 0.3 is 0 Å². The summed E-state index contributed by atoms with van der Waals surface area (Å²) in [6.07, 6.45) is 5.01. The Balaban J connectivity index is 1.36. The van der Waals surface area contributed by atoms with Crippen LogP contribution in [-0.2, 0) is 14.3 Å². The zero-order valence-electron chi connectivity index (χ0n) is 20.4. The number of amides is 2. The molecule has 4 atom stereocenters. The third-order valence-electron chi connectivity index (χ3n) is 8.23. The van der Waals surface area contributed by atoms with Gasteiger partial charge in [0.15, 0.2) is 0 Å². The van der Waals surface area contributed by atoms with E-state index in [0.29, 0.717) is 47.0 Å². The summed E-state index contributed by atoms with van der Waals surface area (Å²) in [7, 11) is 0. The number of halogens is 1. The summed E-state index contributed by atoms with van der Waals surface area (Å²) < 4.78 is 12.6. The Morgan fingerprint density at radius 1 is 1.05 bits per heavy atom. The fraction of sp³-hybridized carbons (Fsp3) is 0.379. The molecular weight excluding hydrogens is 490 g/mol. The van der Waals surface area contributed by atoms with Gasteiger partial charge in [0, 0.05) is 29.5 Å². The van der Waals surface area contributed by atoms with E-state index in [1.165, 1.54) is 11.1 Å². The van der Waals surface area contributed by atoms with Crippen LogP contribution in [0.3, 0.4) is 0 Å². The van der Waals surface area contributed by atoms with Gasteiger partial charge in [-0.05, 0) is 37.5 Å². The molecule has 3 fully saturated rings. The summed E-state index contributed by atoms with van der Waals surface area (Å²) in [5.74, 6) is -1.09. The molecule has 4 unspecified atom stereocenters. The summed E-state index contributed by atoms with van der Waals surface area (Å²) in [4.78, 5) is 33.7. The van der Waals surface area contributed by atoms with Gasteiger partial charge in [0.1, 0.15) is 0 Å². The van der Waals surface area contributed by atoms with Crippen LogP contribution in [0.4, 0.5) is 5.69 Å². The molecule has 4 heterocycles. The maximum Gasteiger partial charge on any atom is 0.240 e. The van der Waals surface area contributed by atoms with E-state index in [4.69, 9.17) is 21.1 Å². The third kappa shape index (κ3) is 3.54. The third-order valence-corrected chi connectivity index (χ3v) is 8.45. The molecule has 0 saturated carbocycles. The first-order valence-electron chi connectivity index (χ1n) is 12.7. The Bertz CT molecular complexity index is 1450. The average molecular weight is 516 g/mol. The van der Waals surface area contributed by atoms with Crippen molar-refractivity contribution in [1.82, 2.24) is 4.98 Å². The van der Waals surface area contributed by atoms with E-state index < -0.39 is 23.0 Å². The molecule has 2 amide bonds. The van der Waals surface area contributed by atoms with Gasteiger partial charge in [-0.15, -0.1) is 0 Å². The van der Waals surface area contributed by atoms with Crippen LogP contribution in [-0.4, -0.2) is 34.6 Å². The van der Waals surface area contributed by atoms with Crippen molar-refractivity contribution in [1.29, 1.82) is 5.26 Å². The van der Waals surface area contributed by atoms with Crippen molar-refractivity contribution in [2.45, 2.75) is 50.2 Å². The highest BCUT2D eigenvalue weighted by Gasteiger charge is 2.75. The summed E-state index contributed by atoms with van der Waals surface area (Å²) in [6.45, 7) is 2.38. The fourth-order valence-corrected chi connectivity index (χ4v) is 6.88. The van der Waals surface area contributed by atoms with Crippen molar-refractivity contribution >= 4 is 39.9 Å². The van der Waals surface area contributed by atoms with E-state index in [2.05, 4.69) is 18.0 Å². The van der Waals surface area contributed by atoms with Crippen molar-refractivity contribution < 1.29 is 19.1 Å². The van der Waals surface area contributed by atoms with Crippen molar-refractivity contribution in [2.24, 2.45) is 11.8 Å². The van der Waals surface area contributed by atoms with Gasteiger partial charge in [0.05, 0.1) is 52.0 Å². The number of rotatable bonds is 7. The predicted molar refractivity (Wildman–Crippen MR) is 138 cm³/mol. The highest BCUT2D eigenvalue weighted by molar-refractivity contribution is 6.30. The van der Waals surface area contributed by atoms with Crippen molar-refractivity contribution in [3.63, 3.8) is 0 Å². The molecule has 0 spiro atoms. The molecule has 0 radical (unpaired) electrons. The number of nitriles is 1. The van der Waals surface area contributed by atoms with E-state index in [1.807, 2.05) is 24.3 Å². The number of aromatic nitrogens is 1. The lowest BCUT2D eigenvalue weighted by Crippen LogP contribution is -2.43. The molecule has 3 saturated heterocycles. The number of ether oxygens (including phenoxy) is 2. The summed E-state index contributed by atoms with van der Waals surface area (Å²) in [5, 5.41) is 11.5. The lowest BCUT2D eigenvalue weighted by Gasteiger charge is -2.31. The first kappa shape index (κ1) is 23.9. The number of fused-ring (bicyclic) bond motifs is 6. The second-order valence-corrected chi connectivity index (χ2v) is 10.6. The number of benzene rings is 2. The minimum Gasteiger partial charge on any atom is -0.478 e. The van der Waals surface area contributed by atoms with Crippen LogP contribution < -0.4 is 9.64 Å². The number of anilines is 1. The van der Waals surface area contributed by atoms with Crippen LogP contribution in [0.15, 0.2) is 54.7 Å². The summed E-state index contributed by atoms with van der Waals surface area (Å²) in [6, 6.07) is 16.4. The largest absolute Gasteiger partial charge is 0.478 e. The lowest BCUT2D eigenvalue weighted by atomic mass is 9.65. The monoisotopic (exact) mass is 515 g/mol. The Hall–Kier alpha value is -3.47. The molecule has 0 N–H and O–H groups in total. The van der Waals surface area contributed by atoms with E-state index in [0.717, 1.165) is 24.6 Å². The minimum atomic E-state index is -0.768. The maximum absolute atomic E-state index is 14.1. The van der Waals surface area contributed by atoms with Crippen molar-refractivity contribution in [2.75, 3.05) is 11.5 Å². The average Bonchev–Trinajstić information content (AvgIpc) is 3.51. The molecule has 2 aromatic carbocycles. The first-order valence-corrected chi connectivity index (χ1v) is 13.0. The Morgan fingerprint density at radius 2 is 1.76 bits per heavy atom. The molecule has 6 rings (SSSR count). The molecule has 1 aromatic heterocycles. The van der Waals surface area contributed by atoms with Crippen molar-refractivity contribution in [3.05, 3.63) is 65.3 Å². The second kappa shape index (κ2) is 8.83. The van der Waals surface area contributed by atoms with Crippen molar-refractivity contribution in [3.8, 4) is 11.9 Å². The lowest BCUT2D eigenvalue weighted by molar-refractivity contribution is -0.132. The standard InChI is InChI=1S/C29H26ClN3O4/c1-2-11-28-12-13-29(37-28,14-15-36-23-10-8-19(30)17-32-23)25-24(28)26(34)33(27(25)35)22-9-7-18(16-31)20-5-3-4-6-21(20)22/h3-10,17,24-25H,2,11-15H2,1H3. The Labute approximate surface area is 219 Å². The normalized spacial score (nSPS) is 28.1.